The van der Waals surface area contributed by atoms with Crippen molar-refractivity contribution < 1.29 is 4.79 Å². The Labute approximate surface area is 183 Å². The van der Waals surface area contributed by atoms with Crippen LogP contribution in [-0.4, -0.2) is 44.7 Å². The van der Waals surface area contributed by atoms with Crippen LogP contribution in [0.4, 0.5) is 5.69 Å². The van der Waals surface area contributed by atoms with E-state index in [1.54, 1.807) is 0 Å². The number of hydrogen-bond acceptors (Lipinski definition) is 4. The molecule has 2 fully saturated rings. The van der Waals surface area contributed by atoms with Gasteiger partial charge in [-0.15, -0.1) is 0 Å². The van der Waals surface area contributed by atoms with Gasteiger partial charge in [0.15, 0.2) is 5.65 Å². The van der Waals surface area contributed by atoms with Crippen LogP contribution >= 0.6 is 0 Å². The third kappa shape index (κ3) is 3.80. The third-order valence-electron chi connectivity index (χ3n) is 6.31. The molecular weight excluding hydrogens is 386 g/mol. The molecule has 0 radical (unpaired) electrons. The Bertz CT molecular complexity index is 1120. The predicted octanol–water partition coefficient (Wildman–Crippen LogP) is 4.70. The Morgan fingerprint density at radius 1 is 1.13 bits per heavy atom. The first kappa shape index (κ1) is 20.0. The van der Waals surface area contributed by atoms with Crippen LogP contribution in [0.3, 0.4) is 0 Å². The van der Waals surface area contributed by atoms with Crippen LogP contribution in [-0.2, 0) is 5.54 Å². The summed E-state index contributed by atoms with van der Waals surface area (Å²) in [6.45, 7) is 9.86. The van der Waals surface area contributed by atoms with Gasteiger partial charge < -0.3 is 10.2 Å². The minimum Gasteiger partial charge on any atom is -0.380 e. The maximum absolute atomic E-state index is 13.7. The fourth-order valence-corrected chi connectivity index (χ4v) is 4.54. The zero-order valence-corrected chi connectivity index (χ0v) is 18.9. The number of carbonyl (C=O) groups excluding carboxylic acids is 1. The molecule has 6 nitrogen and oxygen atoms in total. The number of hydrogen-bond donors (Lipinski definition) is 1. The van der Waals surface area contributed by atoms with Crippen LogP contribution in [0.2, 0.25) is 0 Å². The topological polar surface area (TPSA) is 63.1 Å². The number of para-hydroxylation sites is 1. The Hall–Kier alpha value is -2.89. The zero-order chi connectivity index (χ0) is 21.8. The van der Waals surface area contributed by atoms with Gasteiger partial charge in [0.05, 0.1) is 22.2 Å². The van der Waals surface area contributed by atoms with Gasteiger partial charge in [0.2, 0.25) is 0 Å². The number of anilines is 1. The Morgan fingerprint density at radius 2 is 1.87 bits per heavy atom. The summed E-state index contributed by atoms with van der Waals surface area (Å²) in [5.41, 5.74) is 4.43. The van der Waals surface area contributed by atoms with Crippen molar-refractivity contribution >= 4 is 22.6 Å². The first-order valence-corrected chi connectivity index (χ1v) is 11.3. The number of aromatic nitrogens is 3. The molecule has 1 saturated carbocycles. The molecule has 0 spiro atoms. The van der Waals surface area contributed by atoms with Gasteiger partial charge in [-0.1, -0.05) is 18.2 Å². The lowest BCUT2D eigenvalue weighted by Gasteiger charge is -2.21. The second-order valence-corrected chi connectivity index (χ2v) is 9.98. The molecule has 2 aromatic heterocycles. The maximum Gasteiger partial charge on any atom is 0.254 e. The third-order valence-corrected chi connectivity index (χ3v) is 6.31. The Morgan fingerprint density at radius 3 is 2.55 bits per heavy atom. The van der Waals surface area contributed by atoms with Crippen LogP contribution in [0.25, 0.3) is 11.0 Å². The average Bonchev–Trinajstić information content (AvgIpc) is 3.40. The number of nitrogens with zero attached hydrogens (tertiary/aromatic N) is 4. The standard InChI is InChI=1S/C25H31N5O/c1-16-22-20(14-21(17-10-11-17)27-23(22)30(28-16)25(2,3)4)24(31)29-13-12-19(15-29)26-18-8-6-5-7-9-18/h5-9,14,17,19,26H,10-13,15H2,1-4H3. The van der Waals surface area contributed by atoms with E-state index in [2.05, 4.69) is 38.2 Å². The molecule has 1 aliphatic heterocycles. The van der Waals surface area contributed by atoms with E-state index in [0.717, 1.165) is 59.5 Å². The maximum atomic E-state index is 13.7. The number of carbonyl (C=O) groups is 1. The normalized spacial score (nSPS) is 19.2. The molecule has 162 valence electrons. The van der Waals surface area contributed by atoms with E-state index >= 15 is 0 Å². The van der Waals surface area contributed by atoms with Crippen molar-refractivity contribution in [2.75, 3.05) is 18.4 Å². The molecule has 1 saturated heterocycles. The number of fused-ring (bicyclic) bond motifs is 1. The number of amides is 1. The smallest absolute Gasteiger partial charge is 0.254 e. The van der Waals surface area contributed by atoms with Crippen LogP contribution in [0.1, 0.15) is 67.7 Å². The van der Waals surface area contributed by atoms with E-state index in [9.17, 15) is 4.79 Å². The molecule has 1 N–H and O–H groups in total. The highest BCUT2D eigenvalue weighted by Crippen LogP contribution is 2.41. The van der Waals surface area contributed by atoms with Gasteiger partial charge in [0.1, 0.15) is 0 Å². The van der Waals surface area contributed by atoms with Gasteiger partial charge in [0, 0.05) is 36.4 Å². The summed E-state index contributed by atoms with van der Waals surface area (Å²) in [6, 6.07) is 12.5. The Balaban J connectivity index is 1.48. The first-order chi connectivity index (χ1) is 14.8. The molecule has 31 heavy (non-hydrogen) atoms. The number of nitrogens with one attached hydrogen (secondary N) is 1. The highest BCUT2D eigenvalue weighted by molar-refractivity contribution is 6.06. The van der Waals surface area contributed by atoms with Crippen molar-refractivity contribution in [3.05, 3.63) is 53.3 Å². The summed E-state index contributed by atoms with van der Waals surface area (Å²) in [4.78, 5) is 20.7. The summed E-state index contributed by atoms with van der Waals surface area (Å²) in [5.74, 6) is 0.578. The van der Waals surface area contributed by atoms with Gasteiger partial charge in [-0.25, -0.2) is 9.67 Å². The van der Waals surface area contributed by atoms with Gasteiger partial charge in [-0.3, -0.25) is 4.79 Å². The van der Waals surface area contributed by atoms with E-state index in [1.165, 1.54) is 0 Å². The van der Waals surface area contributed by atoms with E-state index < -0.39 is 0 Å². The van der Waals surface area contributed by atoms with E-state index in [0.29, 0.717) is 12.5 Å². The number of pyridine rings is 1. The number of likely N-dealkylation sites (tertiary alicyclic amines) is 1. The largest absolute Gasteiger partial charge is 0.380 e. The second kappa shape index (κ2) is 7.36. The van der Waals surface area contributed by atoms with Gasteiger partial charge in [-0.2, -0.15) is 5.10 Å². The molecule has 1 aromatic carbocycles. The minimum absolute atomic E-state index is 0.100. The Kier molecular flexibility index (Phi) is 4.76. The van der Waals surface area contributed by atoms with Crippen molar-refractivity contribution in [3.63, 3.8) is 0 Å². The lowest BCUT2D eigenvalue weighted by molar-refractivity contribution is 0.0793. The minimum atomic E-state index is -0.194. The molecule has 5 rings (SSSR count). The highest BCUT2D eigenvalue weighted by atomic mass is 16.2. The fourth-order valence-electron chi connectivity index (χ4n) is 4.54. The number of aryl methyl sites for hydroxylation is 1. The molecule has 2 aliphatic rings. The number of rotatable bonds is 4. The molecule has 1 unspecified atom stereocenters. The molecule has 1 atom stereocenters. The SMILES string of the molecule is Cc1nn(C(C)(C)C)c2nc(C3CC3)cc(C(=O)N3CCC(Nc4ccccc4)C3)c12. The molecule has 3 heterocycles. The summed E-state index contributed by atoms with van der Waals surface area (Å²) < 4.78 is 1.99. The van der Waals surface area contributed by atoms with Crippen LogP contribution < -0.4 is 5.32 Å². The van der Waals surface area contributed by atoms with Crippen molar-refractivity contribution in [1.82, 2.24) is 19.7 Å². The highest BCUT2D eigenvalue weighted by Gasteiger charge is 2.33. The van der Waals surface area contributed by atoms with Gasteiger partial charge in [-0.05, 0) is 65.2 Å². The molecule has 0 bridgehead atoms. The molecule has 6 heteroatoms. The quantitative estimate of drug-likeness (QED) is 0.668. The lowest BCUT2D eigenvalue weighted by atomic mass is 10.1. The van der Waals surface area contributed by atoms with Crippen molar-refractivity contribution in [3.8, 4) is 0 Å². The summed E-state index contributed by atoms with van der Waals surface area (Å²) in [7, 11) is 0. The van der Waals surface area contributed by atoms with Gasteiger partial charge >= 0.3 is 0 Å². The fraction of sp³-hybridized carbons (Fsp3) is 0.480. The summed E-state index contributed by atoms with van der Waals surface area (Å²) in [5, 5.41) is 9.27. The zero-order valence-electron chi connectivity index (χ0n) is 18.9. The number of benzene rings is 1. The predicted molar refractivity (Wildman–Crippen MR) is 124 cm³/mol. The van der Waals surface area contributed by atoms with Crippen LogP contribution in [0.5, 0.6) is 0 Å². The molecular formula is C25H31N5O. The van der Waals surface area contributed by atoms with E-state index in [-0.39, 0.29) is 17.5 Å². The molecule has 1 aliphatic carbocycles. The van der Waals surface area contributed by atoms with E-state index in [4.69, 9.17) is 10.1 Å². The van der Waals surface area contributed by atoms with Crippen molar-refractivity contribution in [2.45, 2.75) is 64.5 Å². The second-order valence-electron chi connectivity index (χ2n) is 9.98. The average molecular weight is 418 g/mol. The van der Waals surface area contributed by atoms with Crippen LogP contribution in [0.15, 0.2) is 36.4 Å². The molecule has 1 amide bonds. The molecule has 3 aromatic rings. The van der Waals surface area contributed by atoms with Crippen LogP contribution in [0, 0.1) is 6.92 Å². The van der Waals surface area contributed by atoms with Gasteiger partial charge in [0.25, 0.3) is 5.91 Å². The van der Waals surface area contributed by atoms with Crippen molar-refractivity contribution in [2.24, 2.45) is 0 Å². The van der Waals surface area contributed by atoms with Crippen molar-refractivity contribution in [1.29, 1.82) is 0 Å². The summed E-state index contributed by atoms with van der Waals surface area (Å²) in [6.07, 6.45) is 3.26. The monoisotopic (exact) mass is 417 g/mol. The first-order valence-electron chi connectivity index (χ1n) is 11.3. The summed E-state index contributed by atoms with van der Waals surface area (Å²) >= 11 is 0. The lowest BCUT2D eigenvalue weighted by Crippen LogP contribution is -2.32. The van der Waals surface area contributed by atoms with E-state index in [1.807, 2.05) is 40.8 Å².